The lowest BCUT2D eigenvalue weighted by Crippen LogP contribution is -2.32. The minimum atomic E-state index is 0.457. The molecule has 582 valence electrons. The van der Waals surface area contributed by atoms with Gasteiger partial charge in [0.15, 0.2) is 18.6 Å². The molecule has 0 bridgehead atoms. The van der Waals surface area contributed by atoms with Crippen molar-refractivity contribution in [3.63, 3.8) is 0 Å². The van der Waals surface area contributed by atoms with Gasteiger partial charge in [0.05, 0.1) is 0 Å². The standard InChI is InChI=1S/2C37H44N.C36H42N/c1-26(2)35-25-38(4)36(33-11-7-6-10-27(33)3)24-34(35)32-15-14-30-22-29(12-13-31(30)23-32)28-16-20-37(21-17-28)18-8-5-9-19-37;1-25(2)36-24-38(4)37(34-12-8-5-9-26(34)3)23-35(36)33-20-19-31-21-30(17-18-32(31)22-33)29-15-13-28(14-16-29)27-10-6-7-11-27;1-25(2)34-24-37(4)35(32-10-6-5-9-26(32)3)23-33(34)31-14-13-29-21-28(11-12-30(29)22-31)27-15-19-36(20-16-27)17-7-8-18-36/h6-7,10-15,22-26,28H,5,8-9,16-21H2,1-4H3;5,8-9,12,17-25,27-29H,6-7,10-11,13-16H2,1-4H3;5-6,9-14,21-25,27H,7-8,15-20H2,1-4H3/q3*+1. The van der Waals surface area contributed by atoms with E-state index in [-0.39, 0.29) is 0 Å². The number of aryl methyl sites for hydroxylation is 6. The lowest BCUT2D eigenvalue weighted by atomic mass is 9.62. The maximum absolute atomic E-state index is 2.50. The summed E-state index contributed by atoms with van der Waals surface area (Å²) in [4.78, 5) is 0. The number of aromatic nitrogens is 3. The Morgan fingerprint density at radius 2 is 0.549 bits per heavy atom. The summed E-state index contributed by atoms with van der Waals surface area (Å²) in [6.45, 7) is 20.5. The summed E-state index contributed by atoms with van der Waals surface area (Å²) in [7, 11) is 6.54. The van der Waals surface area contributed by atoms with Crippen molar-refractivity contribution >= 4 is 32.3 Å². The van der Waals surface area contributed by atoms with Crippen molar-refractivity contribution in [3.8, 4) is 67.2 Å². The normalized spacial score (nSPS) is 19.2. The largest absolute Gasteiger partial charge is 0.213 e. The molecule has 3 nitrogen and oxygen atoms in total. The number of benzene rings is 9. The summed E-state index contributed by atoms with van der Waals surface area (Å²) >= 11 is 0. The summed E-state index contributed by atoms with van der Waals surface area (Å²) < 4.78 is 6.90. The van der Waals surface area contributed by atoms with E-state index in [4.69, 9.17) is 0 Å². The van der Waals surface area contributed by atoms with Gasteiger partial charge in [-0.15, -0.1) is 0 Å². The van der Waals surface area contributed by atoms with E-state index in [1.165, 1.54) is 293 Å². The third-order valence-corrected chi connectivity index (χ3v) is 29.5. The van der Waals surface area contributed by atoms with E-state index in [0.29, 0.717) is 28.6 Å². The van der Waals surface area contributed by atoms with Crippen LogP contribution in [0, 0.1) is 43.4 Å². The first-order chi connectivity index (χ1) is 54.8. The van der Waals surface area contributed by atoms with Gasteiger partial charge in [-0.25, -0.2) is 13.7 Å². The Morgan fingerprint density at radius 1 is 0.265 bits per heavy atom. The summed E-state index contributed by atoms with van der Waals surface area (Å²) in [6.07, 6.45) is 43.2. The van der Waals surface area contributed by atoms with Gasteiger partial charge in [-0.1, -0.05) is 245 Å². The first-order valence-corrected chi connectivity index (χ1v) is 44.7. The number of fused-ring (bicyclic) bond motifs is 3. The first kappa shape index (κ1) is 78.1. The number of rotatable bonds is 13. The van der Waals surface area contributed by atoms with Crippen molar-refractivity contribution in [1.29, 1.82) is 0 Å². The van der Waals surface area contributed by atoms with Gasteiger partial charge < -0.3 is 0 Å². The molecular formula is C110H130N3+3. The van der Waals surface area contributed by atoms with E-state index in [2.05, 4.69) is 316 Å². The van der Waals surface area contributed by atoms with E-state index in [1.54, 1.807) is 16.7 Å². The van der Waals surface area contributed by atoms with Crippen LogP contribution in [0.4, 0.5) is 0 Å². The predicted octanol–water partition coefficient (Wildman–Crippen LogP) is 29.6. The predicted molar refractivity (Wildman–Crippen MR) is 480 cm³/mol. The van der Waals surface area contributed by atoms with Crippen LogP contribution < -0.4 is 13.7 Å². The van der Waals surface area contributed by atoms with Crippen LogP contribution in [-0.2, 0) is 21.1 Å². The second kappa shape index (κ2) is 34.0. The van der Waals surface area contributed by atoms with Crippen LogP contribution >= 0.6 is 0 Å². The maximum Gasteiger partial charge on any atom is 0.213 e. The number of nitrogens with zero attached hydrogens (tertiary/aromatic N) is 3. The van der Waals surface area contributed by atoms with Crippen molar-refractivity contribution in [2.45, 2.75) is 258 Å². The van der Waals surface area contributed by atoms with Crippen LogP contribution in [0.2, 0.25) is 0 Å². The van der Waals surface area contributed by atoms with Gasteiger partial charge in [0, 0.05) is 51.6 Å². The molecule has 0 saturated heterocycles. The number of hydrogen-bond acceptors (Lipinski definition) is 0. The Hall–Kier alpha value is -8.79. The minimum absolute atomic E-state index is 0.457. The van der Waals surface area contributed by atoms with Gasteiger partial charge in [-0.2, -0.15) is 0 Å². The molecule has 0 N–H and O–H groups in total. The van der Waals surface area contributed by atoms with Gasteiger partial charge in [0.2, 0.25) is 17.1 Å². The second-order valence-electron chi connectivity index (χ2n) is 37.8. The molecule has 0 radical (unpaired) electrons. The molecule has 3 heteroatoms. The third kappa shape index (κ3) is 16.9. The van der Waals surface area contributed by atoms with Crippen LogP contribution in [-0.4, -0.2) is 0 Å². The minimum Gasteiger partial charge on any atom is -0.201 e. The fourth-order valence-electron chi connectivity index (χ4n) is 22.5. The van der Waals surface area contributed by atoms with Gasteiger partial charge >= 0.3 is 0 Å². The van der Waals surface area contributed by atoms with Crippen LogP contribution in [0.3, 0.4) is 0 Å². The molecule has 18 rings (SSSR count). The third-order valence-electron chi connectivity index (χ3n) is 29.5. The summed E-state index contributed by atoms with van der Waals surface area (Å²) in [5, 5.41) is 8.21. The number of pyridine rings is 3. The highest BCUT2D eigenvalue weighted by atomic mass is 14.9. The lowest BCUT2D eigenvalue weighted by molar-refractivity contribution is -0.660. The zero-order valence-corrected chi connectivity index (χ0v) is 70.9. The van der Waals surface area contributed by atoms with Crippen molar-refractivity contribution in [2.24, 2.45) is 43.8 Å². The van der Waals surface area contributed by atoms with Crippen LogP contribution in [0.25, 0.3) is 99.5 Å². The van der Waals surface area contributed by atoms with Crippen molar-refractivity contribution < 1.29 is 13.7 Å². The molecule has 0 amide bonds. The average Bonchev–Trinajstić information content (AvgIpc) is 0.862. The van der Waals surface area contributed by atoms with E-state index in [1.807, 2.05) is 0 Å². The Balaban J connectivity index is 0.000000128. The molecule has 6 saturated carbocycles. The molecule has 113 heavy (non-hydrogen) atoms. The molecule has 6 aliphatic carbocycles. The fraction of sp³-hybridized carbons (Fsp3) is 0.427. The van der Waals surface area contributed by atoms with Crippen molar-refractivity contribution in [2.75, 3.05) is 0 Å². The molecule has 9 aromatic carbocycles. The lowest BCUT2D eigenvalue weighted by Gasteiger charge is -2.43. The Morgan fingerprint density at radius 3 is 0.867 bits per heavy atom. The summed E-state index contributed by atoms with van der Waals surface area (Å²) in [5.74, 6) is 5.64. The SMILES string of the molecule is Cc1ccccc1-c1cc(-c2ccc3cc(C4CCC(C5CCCC5)CC4)ccc3c2)c(C(C)C)c[n+]1C.Cc1ccccc1-c1cc(-c2ccc3cc(C4CCC5(CCCC5)CC4)ccc3c2)c(C(C)C)c[n+]1C.Cc1ccccc1-c1cc(-c2ccc3cc(C4CCC5(CCCCC5)CC4)ccc3c2)c(C(C)C)c[n+]1C. The first-order valence-electron chi connectivity index (χ1n) is 44.7. The highest BCUT2D eigenvalue weighted by Crippen LogP contribution is 2.54. The highest BCUT2D eigenvalue weighted by molar-refractivity contribution is 5.92. The molecule has 2 spiro atoms. The Labute approximate surface area is 679 Å². The zero-order valence-electron chi connectivity index (χ0n) is 70.9. The van der Waals surface area contributed by atoms with Gasteiger partial charge in [-0.05, 0) is 317 Å². The molecule has 3 heterocycles. The molecule has 0 unspecified atom stereocenters. The second-order valence-corrected chi connectivity index (χ2v) is 37.8. The van der Waals surface area contributed by atoms with Gasteiger partial charge in [0.1, 0.15) is 21.1 Å². The zero-order chi connectivity index (χ0) is 78.1. The molecule has 0 aliphatic heterocycles. The quantitative estimate of drug-likeness (QED) is 0.102. The van der Waals surface area contributed by atoms with Crippen molar-refractivity contribution in [3.05, 3.63) is 269 Å². The van der Waals surface area contributed by atoms with E-state index < -0.39 is 0 Å². The van der Waals surface area contributed by atoms with E-state index in [9.17, 15) is 0 Å². The van der Waals surface area contributed by atoms with Crippen LogP contribution in [0.15, 0.2) is 219 Å². The Kier molecular flexibility index (Phi) is 23.5. The van der Waals surface area contributed by atoms with Gasteiger partial charge in [0.25, 0.3) is 0 Å². The summed E-state index contributed by atoms with van der Waals surface area (Å²) in [5.41, 5.74) is 30.0. The molecule has 12 aromatic rings. The molecule has 6 fully saturated rings. The van der Waals surface area contributed by atoms with Crippen molar-refractivity contribution in [1.82, 2.24) is 0 Å². The average molecular weight is 1490 g/mol. The molecule has 0 atom stereocenters. The molecular weight excluding hydrogens is 1360 g/mol. The molecule has 3 aromatic heterocycles. The Bertz CT molecular complexity index is 5360. The number of hydrogen-bond donors (Lipinski definition) is 0. The highest BCUT2D eigenvalue weighted by Gasteiger charge is 2.39. The fourth-order valence-corrected chi connectivity index (χ4v) is 22.5. The molecule has 6 aliphatic rings. The summed E-state index contributed by atoms with van der Waals surface area (Å²) in [6, 6.07) is 76.7. The van der Waals surface area contributed by atoms with E-state index in [0.717, 1.165) is 29.6 Å². The van der Waals surface area contributed by atoms with E-state index >= 15 is 0 Å². The van der Waals surface area contributed by atoms with Crippen LogP contribution in [0.1, 0.15) is 288 Å². The van der Waals surface area contributed by atoms with Gasteiger partial charge in [-0.3, -0.25) is 0 Å². The van der Waals surface area contributed by atoms with Crippen LogP contribution in [0.5, 0.6) is 0 Å². The maximum atomic E-state index is 2.50. The smallest absolute Gasteiger partial charge is 0.201 e. The topological polar surface area (TPSA) is 11.6 Å². The monoisotopic (exact) mass is 1490 g/mol.